The molecule has 5 heteroatoms. The molecule has 0 fully saturated rings. The van der Waals surface area contributed by atoms with Crippen molar-refractivity contribution in [3.05, 3.63) is 41.3 Å². The monoisotopic (exact) mass is 278 g/mol. The van der Waals surface area contributed by atoms with Gasteiger partial charge in [0.05, 0.1) is 7.11 Å². The highest BCUT2D eigenvalue weighted by atomic mass is 32.2. The minimum Gasteiger partial charge on any atom is -0.494 e. The molecule has 0 saturated heterocycles. The number of nitrogen functional groups attached to an aromatic ring is 1. The molecule has 0 unspecified atom stereocenters. The van der Waals surface area contributed by atoms with E-state index in [-0.39, 0.29) is 5.75 Å². The van der Waals surface area contributed by atoms with Crippen LogP contribution in [0.1, 0.15) is 11.3 Å². The van der Waals surface area contributed by atoms with Gasteiger partial charge in [0.2, 0.25) is 0 Å². The zero-order chi connectivity index (χ0) is 14.0. The van der Waals surface area contributed by atoms with Gasteiger partial charge in [0, 0.05) is 22.3 Å². The molecule has 1 aromatic heterocycles. The number of nitrogens with two attached hydrogens (primary N) is 1. The van der Waals surface area contributed by atoms with E-state index < -0.39 is 5.82 Å². The molecule has 0 aliphatic heterocycles. The Morgan fingerprint density at radius 2 is 1.95 bits per heavy atom. The summed E-state index contributed by atoms with van der Waals surface area (Å²) >= 11 is 1.40. The molecular formula is C14H15FN2OS. The zero-order valence-corrected chi connectivity index (χ0v) is 11.8. The molecule has 0 saturated carbocycles. The summed E-state index contributed by atoms with van der Waals surface area (Å²) in [6, 6.07) is 6.82. The third-order valence-electron chi connectivity index (χ3n) is 2.57. The summed E-state index contributed by atoms with van der Waals surface area (Å²) in [5.41, 5.74) is 8.27. The number of rotatable bonds is 3. The quantitative estimate of drug-likeness (QED) is 0.872. The molecular weight excluding hydrogens is 263 g/mol. The third-order valence-corrected chi connectivity index (χ3v) is 3.56. The Kier molecular flexibility index (Phi) is 3.95. The number of pyridine rings is 1. The lowest BCUT2D eigenvalue weighted by molar-refractivity contribution is 0.385. The number of ether oxygens (including phenoxy) is 1. The highest BCUT2D eigenvalue weighted by molar-refractivity contribution is 7.99. The summed E-state index contributed by atoms with van der Waals surface area (Å²) in [5, 5.41) is 0.831. The van der Waals surface area contributed by atoms with Crippen LogP contribution in [0.5, 0.6) is 5.75 Å². The van der Waals surface area contributed by atoms with E-state index in [2.05, 4.69) is 4.98 Å². The van der Waals surface area contributed by atoms with E-state index in [0.717, 1.165) is 21.2 Å². The Morgan fingerprint density at radius 3 is 2.58 bits per heavy atom. The summed E-state index contributed by atoms with van der Waals surface area (Å²) < 4.78 is 18.4. The Hall–Kier alpha value is -1.75. The van der Waals surface area contributed by atoms with Gasteiger partial charge in [-0.1, -0.05) is 11.8 Å². The number of halogens is 1. The van der Waals surface area contributed by atoms with Gasteiger partial charge >= 0.3 is 0 Å². The van der Waals surface area contributed by atoms with Crippen LogP contribution in [0.15, 0.2) is 34.2 Å². The second-order valence-corrected chi connectivity index (χ2v) is 5.31. The Labute approximate surface area is 116 Å². The van der Waals surface area contributed by atoms with Crippen molar-refractivity contribution in [3.8, 4) is 5.75 Å². The summed E-state index contributed by atoms with van der Waals surface area (Å²) in [7, 11) is 1.43. The van der Waals surface area contributed by atoms with Crippen LogP contribution in [-0.4, -0.2) is 12.1 Å². The van der Waals surface area contributed by atoms with Gasteiger partial charge in [-0.3, -0.25) is 0 Å². The standard InChI is InChI=1S/C14H15FN2OS/c1-8-4-9(2)17-14(5-8)19-13-7-12(18-3)10(15)6-11(13)16/h4-7H,16H2,1-3H3. The fraction of sp³-hybridized carbons (Fsp3) is 0.214. The van der Waals surface area contributed by atoms with Crippen molar-refractivity contribution in [2.24, 2.45) is 0 Å². The van der Waals surface area contributed by atoms with E-state index >= 15 is 0 Å². The van der Waals surface area contributed by atoms with E-state index in [1.165, 1.54) is 24.9 Å². The average molecular weight is 278 g/mol. The van der Waals surface area contributed by atoms with Crippen molar-refractivity contribution in [1.82, 2.24) is 4.98 Å². The fourth-order valence-corrected chi connectivity index (χ4v) is 2.77. The molecule has 1 aromatic carbocycles. The van der Waals surface area contributed by atoms with Crippen LogP contribution in [0.2, 0.25) is 0 Å². The van der Waals surface area contributed by atoms with Crippen molar-refractivity contribution in [2.45, 2.75) is 23.8 Å². The summed E-state index contributed by atoms with van der Waals surface area (Å²) in [6.07, 6.45) is 0. The van der Waals surface area contributed by atoms with Crippen LogP contribution in [-0.2, 0) is 0 Å². The van der Waals surface area contributed by atoms with Gasteiger partial charge in [-0.15, -0.1) is 0 Å². The van der Waals surface area contributed by atoms with Crippen LogP contribution in [0.4, 0.5) is 10.1 Å². The minimum atomic E-state index is -0.460. The smallest absolute Gasteiger partial charge is 0.167 e. The molecule has 2 N–H and O–H groups in total. The summed E-state index contributed by atoms with van der Waals surface area (Å²) in [4.78, 5) is 5.15. The number of hydrogen-bond acceptors (Lipinski definition) is 4. The van der Waals surface area contributed by atoms with Gasteiger partial charge in [-0.2, -0.15) is 0 Å². The van der Waals surface area contributed by atoms with Crippen molar-refractivity contribution in [3.63, 3.8) is 0 Å². The first-order valence-corrected chi connectivity index (χ1v) is 6.57. The van der Waals surface area contributed by atoms with Crippen LogP contribution >= 0.6 is 11.8 Å². The number of aromatic nitrogens is 1. The second-order valence-electron chi connectivity index (χ2n) is 4.25. The molecule has 2 rings (SSSR count). The lowest BCUT2D eigenvalue weighted by Crippen LogP contribution is -1.95. The molecule has 0 bridgehead atoms. The SMILES string of the molecule is COc1cc(Sc2cc(C)cc(C)n2)c(N)cc1F. The summed E-state index contributed by atoms with van der Waals surface area (Å²) in [5.74, 6) is -0.279. The predicted molar refractivity (Wildman–Crippen MR) is 75.2 cm³/mol. The largest absolute Gasteiger partial charge is 0.494 e. The molecule has 0 atom stereocenters. The molecule has 19 heavy (non-hydrogen) atoms. The van der Waals surface area contributed by atoms with Crippen molar-refractivity contribution in [2.75, 3.05) is 12.8 Å². The number of hydrogen-bond donors (Lipinski definition) is 1. The number of aryl methyl sites for hydroxylation is 2. The number of nitrogens with zero attached hydrogens (tertiary/aromatic N) is 1. The van der Waals surface area contributed by atoms with Gasteiger partial charge < -0.3 is 10.5 Å². The van der Waals surface area contributed by atoms with Gasteiger partial charge in [0.25, 0.3) is 0 Å². The molecule has 2 aromatic rings. The maximum absolute atomic E-state index is 13.5. The Balaban J connectivity index is 2.37. The maximum atomic E-state index is 13.5. The van der Waals surface area contributed by atoms with Crippen molar-refractivity contribution < 1.29 is 9.13 Å². The highest BCUT2D eigenvalue weighted by Gasteiger charge is 2.10. The molecule has 0 radical (unpaired) electrons. The van der Waals surface area contributed by atoms with E-state index in [1.54, 1.807) is 6.07 Å². The maximum Gasteiger partial charge on any atom is 0.167 e. The average Bonchev–Trinajstić information content (AvgIpc) is 2.31. The molecule has 0 amide bonds. The van der Waals surface area contributed by atoms with E-state index in [1.807, 2.05) is 26.0 Å². The van der Waals surface area contributed by atoms with Gasteiger partial charge in [0.15, 0.2) is 11.6 Å². The van der Waals surface area contributed by atoms with Crippen LogP contribution in [0.25, 0.3) is 0 Å². The normalized spacial score (nSPS) is 10.5. The van der Waals surface area contributed by atoms with E-state index in [0.29, 0.717) is 5.69 Å². The number of benzene rings is 1. The molecule has 1 heterocycles. The van der Waals surface area contributed by atoms with Gasteiger partial charge in [0.1, 0.15) is 5.03 Å². The van der Waals surface area contributed by atoms with Gasteiger partial charge in [-0.25, -0.2) is 9.37 Å². The van der Waals surface area contributed by atoms with Crippen LogP contribution in [0.3, 0.4) is 0 Å². The van der Waals surface area contributed by atoms with E-state index in [9.17, 15) is 4.39 Å². The number of methoxy groups -OCH3 is 1. The third kappa shape index (κ3) is 3.17. The van der Waals surface area contributed by atoms with Gasteiger partial charge in [-0.05, 0) is 37.6 Å². The first-order chi connectivity index (χ1) is 8.99. The Bertz CT molecular complexity index is 596. The number of anilines is 1. The molecule has 0 aliphatic rings. The predicted octanol–water partition coefficient (Wildman–Crippen LogP) is 3.58. The lowest BCUT2D eigenvalue weighted by Gasteiger charge is -2.09. The van der Waals surface area contributed by atoms with E-state index in [4.69, 9.17) is 10.5 Å². The molecule has 100 valence electrons. The zero-order valence-electron chi connectivity index (χ0n) is 11.0. The first kappa shape index (κ1) is 13.7. The summed E-state index contributed by atoms with van der Waals surface area (Å²) in [6.45, 7) is 3.94. The minimum absolute atomic E-state index is 0.182. The van der Waals surface area contributed by atoms with Crippen molar-refractivity contribution in [1.29, 1.82) is 0 Å². The highest BCUT2D eigenvalue weighted by Crippen LogP contribution is 2.35. The first-order valence-electron chi connectivity index (χ1n) is 5.75. The van der Waals surface area contributed by atoms with Crippen molar-refractivity contribution >= 4 is 17.4 Å². The molecule has 0 spiro atoms. The fourth-order valence-electron chi connectivity index (χ4n) is 1.76. The van der Waals surface area contributed by atoms with Crippen LogP contribution < -0.4 is 10.5 Å². The van der Waals surface area contributed by atoms with Crippen LogP contribution in [0, 0.1) is 19.7 Å². The Morgan fingerprint density at radius 1 is 1.21 bits per heavy atom. The second kappa shape index (κ2) is 5.48. The molecule has 0 aliphatic carbocycles. The lowest BCUT2D eigenvalue weighted by atomic mass is 10.3. The topological polar surface area (TPSA) is 48.1 Å². The molecule has 3 nitrogen and oxygen atoms in total.